The van der Waals surface area contributed by atoms with Crippen molar-refractivity contribution in [1.29, 1.82) is 0 Å². The van der Waals surface area contributed by atoms with Gasteiger partial charge in [-0.3, -0.25) is 14.2 Å². The molecule has 0 aliphatic rings. The SMILES string of the molecule is Cc1c(C(=O)OC(C)C)sc2ncn(C(C)C(=O)c3ccccc3)c(=O)c12. The highest BCUT2D eigenvalue weighted by atomic mass is 32.1. The Hall–Kier alpha value is -2.80. The first-order valence-electron chi connectivity index (χ1n) is 8.61. The third-order valence-corrected chi connectivity index (χ3v) is 5.44. The van der Waals surface area contributed by atoms with Crippen LogP contribution < -0.4 is 5.56 Å². The molecule has 0 saturated heterocycles. The molecule has 0 bridgehead atoms. The van der Waals surface area contributed by atoms with Crippen LogP contribution in [0.5, 0.6) is 0 Å². The second-order valence-corrected chi connectivity index (χ2v) is 7.55. The first-order valence-corrected chi connectivity index (χ1v) is 9.43. The zero-order valence-corrected chi connectivity index (χ0v) is 16.4. The first-order chi connectivity index (χ1) is 12.8. The number of carbonyl (C=O) groups excluding carboxylic acids is 2. The van der Waals surface area contributed by atoms with E-state index in [0.717, 1.165) is 11.3 Å². The first kappa shape index (κ1) is 19.0. The van der Waals surface area contributed by atoms with Crippen molar-refractivity contribution in [3.8, 4) is 0 Å². The van der Waals surface area contributed by atoms with Gasteiger partial charge in [0, 0.05) is 5.56 Å². The van der Waals surface area contributed by atoms with E-state index in [1.165, 1.54) is 10.9 Å². The minimum absolute atomic E-state index is 0.175. The fraction of sp³-hybridized carbons (Fsp3) is 0.300. The Balaban J connectivity index is 2.05. The number of esters is 1. The van der Waals surface area contributed by atoms with Crippen molar-refractivity contribution < 1.29 is 14.3 Å². The summed E-state index contributed by atoms with van der Waals surface area (Å²) in [7, 11) is 0. The number of Topliss-reactive ketones (excluding diaryl/α,β-unsaturated/α-hetero) is 1. The Kier molecular flexibility index (Phi) is 5.23. The molecule has 0 fully saturated rings. The number of fused-ring (bicyclic) bond motifs is 1. The highest BCUT2D eigenvalue weighted by Gasteiger charge is 2.24. The van der Waals surface area contributed by atoms with Gasteiger partial charge in [0.15, 0.2) is 5.78 Å². The fourth-order valence-electron chi connectivity index (χ4n) is 2.85. The summed E-state index contributed by atoms with van der Waals surface area (Å²) < 4.78 is 6.56. The van der Waals surface area contributed by atoms with E-state index in [1.54, 1.807) is 52.0 Å². The Morgan fingerprint density at radius 1 is 1.15 bits per heavy atom. The van der Waals surface area contributed by atoms with Crippen LogP contribution in [0.3, 0.4) is 0 Å². The van der Waals surface area contributed by atoms with Crippen LogP contribution in [-0.2, 0) is 4.74 Å². The van der Waals surface area contributed by atoms with Gasteiger partial charge in [-0.15, -0.1) is 11.3 Å². The van der Waals surface area contributed by atoms with Crippen molar-refractivity contribution >= 4 is 33.3 Å². The van der Waals surface area contributed by atoms with E-state index in [4.69, 9.17) is 4.74 Å². The Morgan fingerprint density at radius 3 is 2.44 bits per heavy atom. The maximum Gasteiger partial charge on any atom is 0.348 e. The monoisotopic (exact) mass is 384 g/mol. The zero-order chi connectivity index (χ0) is 19.7. The fourth-order valence-corrected chi connectivity index (χ4v) is 3.87. The Bertz CT molecular complexity index is 1070. The molecule has 0 saturated carbocycles. The molecule has 0 spiro atoms. The van der Waals surface area contributed by atoms with Gasteiger partial charge < -0.3 is 4.74 Å². The minimum Gasteiger partial charge on any atom is -0.459 e. The summed E-state index contributed by atoms with van der Waals surface area (Å²) in [6.07, 6.45) is 1.11. The van der Waals surface area contributed by atoms with Crippen LogP contribution in [0.25, 0.3) is 10.2 Å². The standard InChI is InChI=1S/C20H20N2O4S/c1-11(2)26-20(25)17-12(3)15-18(27-17)21-10-22(19(15)24)13(4)16(23)14-8-6-5-7-9-14/h5-11,13H,1-4H3. The number of aromatic nitrogens is 2. The largest absolute Gasteiger partial charge is 0.459 e. The van der Waals surface area contributed by atoms with Crippen molar-refractivity contribution in [2.75, 3.05) is 0 Å². The molecule has 2 aromatic heterocycles. The predicted molar refractivity (Wildman–Crippen MR) is 105 cm³/mol. The Labute approximate surface area is 160 Å². The smallest absolute Gasteiger partial charge is 0.348 e. The lowest BCUT2D eigenvalue weighted by Crippen LogP contribution is -2.28. The molecule has 27 heavy (non-hydrogen) atoms. The highest BCUT2D eigenvalue weighted by molar-refractivity contribution is 7.20. The van der Waals surface area contributed by atoms with E-state index in [2.05, 4.69) is 4.98 Å². The van der Waals surface area contributed by atoms with E-state index in [1.807, 2.05) is 6.07 Å². The third-order valence-electron chi connectivity index (χ3n) is 4.26. The summed E-state index contributed by atoms with van der Waals surface area (Å²) >= 11 is 1.13. The number of rotatable bonds is 5. The molecule has 140 valence electrons. The van der Waals surface area contributed by atoms with Crippen molar-refractivity contribution in [2.24, 2.45) is 0 Å². The minimum atomic E-state index is -0.706. The summed E-state index contributed by atoms with van der Waals surface area (Å²) in [5.74, 6) is -0.643. The van der Waals surface area contributed by atoms with Gasteiger partial charge in [-0.05, 0) is 33.3 Å². The molecule has 2 heterocycles. The molecule has 1 atom stereocenters. The van der Waals surface area contributed by atoms with Gasteiger partial charge in [-0.2, -0.15) is 0 Å². The van der Waals surface area contributed by atoms with Crippen LogP contribution in [0.4, 0.5) is 0 Å². The van der Waals surface area contributed by atoms with Gasteiger partial charge in [0.1, 0.15) is 9.71 Å². The van der Waals surface area contributed by atoms with Gasteiger partial charge in [-0.25, -0.2) is 9.78 Å². The van der Waals surface area contributed by atoms with Crippen LogP contribution in [0, 0.1) is 6.92 Å². The lowest BCUT2D eigenvalue weighted by molar-refractivity contribution is 0.0383. The topological polar surface area (TPSA) is 78.3 Å². The van der Waals surface area contributed by atoms with Crippen LogP contribution in [0.15, 0.2) is 41.5 Å². The van der Waals surface area contributed by atoms with Crippen LogP contribution in [-0.4, -0.2) is 27.4 Å². The lowest BCUT2D eigenvalue weighted by Gasteiger charge is -2.13. The molecule has 6 nitrogen and oxygen atoms in total. The van der Waals surface area contributed by atoms with E-state index >= 15 is 0 Å². The maximum atomic E-state index is 13.0. The van der Waals surface area contributed by atoms with Gasteiger partial charge >= 0.3 is 5.97 Å². The highest BCUT2D eigenvalue weighted by Crippen LogP contribution is 2.28. The number of ketones is 1. The molecule has 7 heteroatoms. The molecular weight excluding hydrogens is 364 g/mol. The van der Waals surface area contributed by atoms with E-state index in [9.17, 15) is 14.4 Å². The Morgan fingerprint density at radius 2 is 1.81 bits per heavy atom. The summed E-state index contributed by atoms with van der Waals surface area (Å²) in [6.45, 7) is 6.90. The molecule has 0 aliphatic heterocycles. The summed E-state index contributed by atoms with van der Waals surface area (Å²) in [5, 5.41) is 0.353. The zero-order valence-electron chi connectivity index (χ0n) is 15.6. The molecular formula is C20H20N2O4S. The maximum absolute atomic E-state index is 13.0. The molecule has 3 aromatic rings. The molecule has 1 aromatic carbocycles. The van der Waals surface area contributed by atoms with Gasteiger partial charge in [0.2, 0.25) is 0 Å². The molecule has 0 radical (unpaired) electrons. The van der Waals surface area contributed by atoms with Crippen LogP contribution in [0.1, 0.15) is 52.4 Å². The third kappa shape index (κ3) is 3.55. The predicted octanol–water partition coefficient (Wildman–Crippen LogP) is 3.78. The second kappa shape index (κ2) is 7.44. The average Bonchev–Trinajstić information content (AvgIpc) is 2.98. The number of hydrogen-bond acceptors (Lipinski definition) is 6. The molecule has 0 N–H and O–H groups in total. The molecule has 3 rings (SSSR count). The number of benzene rings is 1. The molecule has 1 unspecified atom stereocenters. The van der Waals surface area contributed by atoms with E-state index in [-0.39, 0.29) is 17.4 Å². The molecule has 0 aliphatic carbocycles. The number of nitrogens with zero attached hydrogens (tertiary/aromatic N) is 2. The second-order valence-electron chi connectivity index (χ2n) is 6.55. The van der Waals surface area contributed by atoms with Crippen LogP contribution >= 0.6 is 11.3 Å². The normalized spacial score (nSPS) is 12.3. The molecule has 0 amide bonds. The van der Waals surface area contributed by atoms with Crippen molar-refractivity contribution in [1.82, 2.24) is 9.55 Å². The number of ether oxygens (including phenoxy) is 1. The summed E-state index contributed by atoms with van der Waals surface area (Å²) in [5.41, 5.74) is 0.723. The number of aryl methyl sites for hydroxylation is 1. The van der Waals surface area contributed by atoms with Gasteiger partial charge in [-0.1, -0.05) is 30.3 Å². The van der Waals surface area contributed by atoms with E-state index in [0.29, 0.717) is 26.2 Å². The lowest BCUT2D eigenvalue weighted by atomic mass is 10.1. The van der Waals surface area contributed by atoms with Crippen LogP contribution in [0.2, 0.25) is 0 Å². The summed E-state index contributed by atoms with van der Waals surface area (Å²) in [6, 6.07) is 8.10. The summed E-state index contributed by atoms with van der Waals surface area (Å²) in [4.78, 5) is 43.1. The van der Waals surface area contributed by atoms with Crippen molar-refractivity contribution in [2.45, 2.75) is 39.8 Å². The number of carbonyl (C=O) groups is 2. The van der Waals surface area contributed by atoms with Crippen molar-refractivity contribution in [3.05, 3.63) is 63.0 Å². The average molecular weight is 384 g/mol. The number of hydrogen-bond donors (Lipinski definition) is 0. The number of thiophene rings is 1. The van der Waals surface area contributed by atoms with Crippen molar-refractivity contribution in [3.63, 3.8) is 0 Å². The van der Waals surface area contributed by atoms with Gasteiger partial charge in [0.05, 0.1) is 23.9 Å². The quantitative estimate of drug-likeness (QED) is 0.494. The van der Waals surface area contributed by atoms with Gasteiger partial charge in [0.25, 0.3) is 5.56 Å². The van der Waals surface area contributed by atoms with E-state index < -0.39 is 12.0 Å².